The summed E-state index contributed by atoms with van der Waals surface area (Å²) in [6.45, 7) is 1.72. The molecule has 0 amide bonds. The first-order valence-electron chi connectivity index (χ1n) is 10.6. The molecule has 3 aromatic heterocycles. The monoisotopic (exact) mass is 424 g/mol. The summed E-state index contributed by atoms with van der Waals surface area (Å²) in [6, 6.07) is 16.2. The number of nitrogens with zero attached hydrogens (tertiary/aromatic N) is 4. The molecule has 32 heavy (non-hydrogen) atoms. The Morgan fingerprint density at radius 3 is 2.84 bits per heavy atom. The lowest BCUT2D eigenvalue weighted by atomic mass is 10.1. The Morgan fingerprint density at radius 2 is 2.00 bits per heavy atom. The smallest absolute Gasteiger partial charge is 0.340 e. The second-order valence-electron chi connectivity index (χ2n) is 8.20. The molecule has 9 heteroatoms. The average molecular weight is 424 g/mol. The topological polar surface area (TPSA) is 133 Å². The number of nitriles is 1. The first-order valence-corrected chi connectivity index (χ1v) is 10.6. The largest absolute Gasteiger partial charge is 0.353 e. The van der Waals surface area contributed by atoms with Crippen molar-refractivity contribution in [1.82, 2.24) is 35.3 Å². The van der Waals surface area contributed by atoms with Gasteiger partial charge in [-0.2, -0.15) is 15.5 Å². The second-order valence-corrected chi connectivity index (χ2v) is 8.20. The molecular formula is C23H20N8O. The van der Waals surface area contributed by atoms with Crippen molar-refractivity contribution in [1.29, 1.82) is 5.26 Å². The molecule has 1 unspecified atom stereocenters. The molecule has 4 N–H and O–H groups in total. The van der Waals surface area contributed by atoms with Crippen LogP contribution in [0.3, 0.4) is 0 Å². The van der Waals surface area contributed by atoms with Crippen molar-refractivity contribution in [2.75, 3.05) is 6.54 Å². The molecule has 0 aliphatic carbocycles. The van der Waals surface area contributed by atoms with Gasteiger partial charge in [0.25, 0.3) is 0 Å². The molecule has 1 aliphatic heterocycles. The highest BCUT2D eigenvalue weighted by molar-refractivity contribution is 5.96. The maximum atomic E-state index is 11.5. The van der Waals surface area contributed by atoms with Crippen LogP contribution in [-0.4, -0.2) is 41.8 Å². The van der Waals surface area contributed by atoms with Crippen LogP contribution in [0.5, 0.6) is 0 Å². The predicted octanol–water partition coefficient (Wildman–Crippen LogP) is 3.33. The van der Waals surface area contributed by atoms with E-state index in [0.29, 0.717) is 11.4 Å². The molecule has 2 aromatic carbocycles. The molecule has 0 bridgehead atoms. The quantitative estimate of drug-likeness (QED) is 0.351. The van der Waals surface area contributed by atoms with Gasteiger partial charge in [-0.3, -0.25) is 15.0 Å². The number of likely N-dealkylation sites (tertiary alicyclic amines) is 1. The van der Waals surface area contributed by atoms with Crippen molar-refractivity contribution >= 4 is 21.8 Å². The Balaban J connectivity index is 1.36. The lowest BCUT2D eigenvalue weighted by molar-refractivity contribution is 0.241. The summed E-state index contributed by atoms with van der Waals surface area (Å²) in [6.07, 6.45) is 2.04. The van der Waals surface area contributed by atoms with Gasteiger partial charge in [0.15, 0.2) is 0 Å². The highest BCUT2D eigenvalue weighted by Gasteiger charge is 2.29. The minimum atomic E-state index is -0.266. The highest BCUT2D eigenvalue weighted by atomic mass is 16.1. The first-order chi connectivity index (χ1) is 15.7. The third-order valence-electron chi connectivity index (χ3n) is 6.27. The van der Waals surface area contributed by atoms with E-state index in [1.54, 1.807) is 0 Å². The maximum absolute atomic E-state index is 11.5. The van der Waals surface area contributed by atoms with Crippen LogP contribution in [0.1, 0.15) is 35.8 Å². The van der Waals surface area contributed by atoms with Crippen LogP contribution in [0.15, 0.2) is 47.3 Å². The van der Waals surface area contributed by atoms with Gasteiger partial charge in [0.2, 0.25) is 0 Å². The van der Waals surface area contributed by atoms with E-state index in [2.05, 4.69) is 65.6 Å². The van der Waals surface area contributed by atoms with Gasteiger partial charge in [-0.05, 0) is 55.3 Å². The second kappa shape index (κ2) is 7.21. The number of benzene rings is 2. The summed E-state index contributed by atoms with van der Waals surface area (Å²) in [7, 11) is 0. The Morgan fingerprint density at radius 1 is 1.06 bits per heavy atom. The third-order valence-corrected chi connectivity index (χ3v) is 6.27. The third kappa shape index (κ3) is 3.01. The summed E-state index contributed by atoms with van der Waals surface area (Å²) in [4.78, 5) is 20.2. The fourth-order valence-corrected chi connectivity index (χ4v) is 4.76. The van der Waals surface area contributed by atoms with Crippen LogP contribution in [0.25, 0.3) is 33.2 Å². The van der Waals surface area contributed by atoms with Crippen molar-refractivity contribution < 1.29 is 0 Å². The SMILES string of the molecule is N#Cc1ccc2c(-c3cc4c(CN5CCCC5c5n[nH]c(=O)[nH]5)cccc4[nH]3)n[nH]c2c1. The van der Waals surface area contributed by atoms with Gasteiger partial charge in [0.05, 0.1) is 28.9 Å². The van der Waals surface area contributed by atoms with E-state index in [4.69, 9.17) is 5.26 Å². The fourth-order valence-electron chi connectivity index (χ4n) is 4.76. The first kappa shape index (κ1) is 18.6. The molecule has 1 saturated heterocycles. The summed E-state index contributed by atoms with van der Waals surface area (Å²) in [5.41, 5.74) is 5.19. The summed E-state index contributed by atoms with van der Waals surface area (Å²) in [5, 5.41) is 25.4. The van der Waals surface area contributed by atoms with Gasteiger partial charge in [-0.15, -0.1) is 0 Å². The highest BCUT2D eigenvalue weighted by Crippen LogP contribution is 2.34. The zero-order valence-corrected chi connectivity index (χ0v) is 17.1. The standard InChI is InChI=1S/C23H20N8O/c24-11-13-6-7-15-18(9-13)27-28-21(15)19-10-16-14(3-1-4-17(16)25-19)12-31-8-2-5-20(31)22-26-23(32)30-29-22/h1,3-4,6-7,9-10,20,25H,2,5,8,12H2,(H,27,28)(H2,26,29,30,32). The Hall–Kier alpha value is -4.16. The van der Waals surface area contributed by atoms with E-state index in [0.717, 1.165) is 59.1 Å². The number of hydrogen-bond donors (Lipinski definition) is 4. The predicted molar refractivity (Wildman–Crippen MR) is 120 cm³/mol. The van der Waals surface area contributed by atoms with Gasteiger partial charge in [-0.1, -0.05) is 12.1 Å². The van der Waals surface area contributed by atoms with Crippen LogP contribution >= 0.6 is 0 Å². The van der Waals surface area contributed by atoms with E-state index < -0.39 is 0 Å². The zero-order chi connectivity index (χ0) is 21.7. The molecule has 6 rings (SSSR count). The number of aromatic amines is 4. The van der Waals surface area contributed by atoms with Gasteiger partial charge >= 0.3 is 5.69 Å². The van der Waals surface area contributed by atoms with E-state index in [1.807, 2.05) is 18.2 Å². The van der Waals surface area contributed by atoms with E-state index in [1.165, 1.54) is 5.56 Å². The number of nitrogens with one attached hydrogen (secondary N) is 4. The number of H-pyrrole nitrogens is 4. The van der Waals surface area contributed by atoms with Crippen LogP contribution < -0.4 is 5.69 Å². The van der Waals surface area contributed by atoms with Crippen molar-refractivity contribution in [2.45, 2.75) is 25.4 Å². The van der Waals surface area contributed by atoms with Crippen molar-refractivity contribution in [2.24, 2.45) is 0 Å². The van der Waals surface area contributed by atoms with Crippen LogP contribution in [0, 0.1) is 11.3 Å². The lowest BCUT2D eigenvalue weighted by Gasteiger charge is -2.22. The molecule has 1 aliphatic rings. The molecule has 5 aromatic rings. The minimum Gasteiger partial charge on any atom is -0.353 e. The van der Waals surface area contributed by atoms with Gasteiger partial charge in [0, 0.05) is 22.8 Å². The van der Waals surface area contributed by atoms with Gasteiger partial charge in [0.1, 0.15) is 11.5 Å². The molecule has 9 nitrogen and oxygen atoms in total. The van der Waals surface area contributed by atoms with Crippen molar-refractivity contribution in [3.63, 3.8) is 0 Å². The lowest BCUT2D eigenvalue weighted by Crippen LogP contribution is -2.24. The number of hydrogen-bond acceptors (Lipinski definition) is 5. The number of fused-ring (bicyclic) bond motifs is 2. The van der Waals surface area contributed by atoms with Crippen molar-refractivity contribution in [3.05, 3.63) is 69.9 Å². The van der Waals surface area contributed by atoms with E-state index in [-0.39, 0.29) is 11.7 Å². The minimum absolute atomic E-state index is 0.104. The Bertz CT molecular complexity index is 1550. The van der Waals surface area contributed by atoms with E-state index >= 15 is 0 Å². The fraction of sp³-hybridized carbons (Fsp3) is 0.217. The van der Waals surface area contributed by atoms with Gasteiger partial charge in [-0.25, -0.2) is 9.89 Å². The van der Waals surface area contributed by atoms with Crippen LogP contribution in [0.2, 0.25) is 0 Å². The molecule has 1 fully saturated rings. The summed E-state index contributed by atoms with van der Waals surface area (Å²) in [5.74, 6) is 0.703. The normalized spacial score (nSPS) is 16.8. The zero-order valence-electron chi connectivity index (χ0n) is 17.1. The Labute approximate surface area is 182 Å². The molecule has 0 saturated carbocycles. The van der Waals surface area contributed by atoms with E-state index in [9.17, 15) is 4.79 Å². The molecule has 4 heterocycles. The number of rotatable bonds is 4. The molecule has 1 atom stereocenters. The molecular weight excluding hydrogens is 404 g/mol. The molecule has 158 valence electrons. The van der Waals surface area contributed by atoms with Crippen LogP contribution in [-0.2, 0) is 6.54 Å². The molecule has 0 spiro atoms. The van der Waals surface area contributed by atoms with Gasteiger partial charge < -0.3 is 4.98 Å². The number of aromatic nitrogens is 6. The maximum Gasteiger partial charge on any atom is 0.340 e. The van der Waals surface area contributed by atoms with Crippen LogP contribution in [0.4, 0.5) is 0 Å². The molecule has 0 radical (unpaired) electrons. The average Bonchev–Trinajstić information content (AvgIpc) is 3.58. The summed E-state index contributed by atoms with van der Waals surface area (Å²) >= 11 is 0. The summed E-state index contributed by atoms with van der Waals surface area (Å²) < 4.78 is 0. The van der Waals surface area contributed by atoms with Crippen molar-refractivity contribution in [3.8, 4) is 17.5 Å². The Kier molecular flexibility index (Phi) is 4.19.